The van der Waals surface area contributed by atoms with Gasteiger partial charge >= 0.3 is 0 Å². The van der Waals surface area contributed by atoms with Gasteiger partial charge in [0, 0.05) is 12.0 Å². The summed E-state index contributed by atoms with van der Waals surface area (Å²) in [5.74, 6) is -0.152. The van der Waals surface area contributed by atoms with Crippen LogP contribution in [0.5, 0.6) is 5.75 Å². The lowest BCUT2D eigenvalue weighted by Gasteiger charge is -2.13. The van der Waals surface area contributed by atoms with E-state index in [9.17, 15) is 18.1 Å². The van der Waals surface area contributed by atoms with E-state index < -0.39 is 10.1 Å². The summed E-state index contributed by atoms with van der Waals surface area (Å²) in [7, 11) is -4.35. The maximum atomic E-state index is 11.3. The first-order valence-corrected chi connectivity index (χ1v) is 7.08. The number of hydrogen-bond donors (Lipinski definition) is 2. The van der Waals surface area contributed by atoms with Crippen LogP contribution in [0, 0.1) is 6.92 Å². The van der Waals surface area contributed by atoms with E-state index in [-0.39, 0.29) is 35.3 Å². The van der Waals surface area contributed by atoms with E-state index in [4.69, 9.17) is 4.74 Å². The Morgan fingerprint density at radius 2 is 1.94 bits per heavy atom. The molecule has 0 heterocycles. The third kappa shape index (κ3) is 3.69. The maximum Gasteiger partial charge on any atom is 0.295 e. The van der Waals surface area contributed by atoms with E-state index in [1.165, 1.54) is 12.1 Å². The average molecular weight is 274 g/mol. The van der Waals surface area contributed by atoms with E-state index in [2.05, 4.69) is 0 Å². The van der Waals surface area contributed by atoms with E-state index in [0.717, 1.165) is 0 Å². The highest BCUT2D eigenvalue weighted by atomic mass is 32.2. The first kappa shape index (κ1) is 14.9. The minimum absolute atomic E-state index is 0.0196. The van der Waals surface area contributed by atoms with E-state index >= 15 is 0 Å². The Labute approximate surface area is 107 Å². The minimum Gasteiger partial charge on any atom is -0.508 e. The summed E-state index contributed by atoms with van der Waals surface area (Å²) in [6, 6.07) is 2.86. The van der Waals surface area contributed by atoms with Gasteiger partial charge in [0.25, 0.3) is 10.1 Å². The van der Waals surface area contributed by atoms with Crippen molar-refractivity contribution in [2.45, 2.75) is 38.2 Å². The molecule has 0 unspecified atom stereocenters. The van der Waals surface area contributed by atoms with Crippen molar-refractivity contribution >= 4 is 10.1 Å². The van der Waals surface area contributed by atoms with Crippen LogP contribution in [-0.4, -0.2) is 30.8 Å². The van der Waals surface area contributed by atoms with Gasteiger partial charge in [0.2, 0.25) is 0 Å². The van der Waals surface area contributed by atoms with E-state index in [1.54, 1.807) is 6.92 Å². The van der Waals surface area contributed by atoms with Crippen LogP contribution in [0.25, 0.3) is 0 Å². The highest BCUT2D eigenvalue weighted by Gasteiger charge is 2.21. The lowest BCUT2D eigenvalue weighted by Crippen LogP contribution is -2.11. The number of phenols is 1. The number of benzene rings is 1. The van der Waals surface area contributed by atoms with E-state index in [1.807, 2.05) is 13.8 Å². The summed E-state index contributed by atoms with van der Waals surface area (Å²) in [6.45, 7) is 5.56. The Bertz CT molecular complexity index is 520. The number of aryl methyl sites for hydroxylation is 1. The van der Waals surface area contributed by atoms with Gasteiger partial charge in [-0.3, -0.25) is 4.55 Å². The van der Waals surface area contributed by atoms with Crippen LogP contribution in [0.3, 0.4) is 0 Å². The molecule has 0 saturated carbocycles. The smallest absolute Gasteiger partial charge is 0.295 e. The van der Waals surface area contributed by atoms with Gasteiger partial charge in [-0.2, -0.15) is 8.42 Å². The zero-order valence-corrected chi connectivity index (χ0v) is 11.5. The average Bonchev–Trinajstić information content (AvgIpc) is 2.20. The highest BCUT2D eigenvalue weighted by molar-refractivity contribution is 7.86. The topological polar surface area (TPSA) is 83.8 Å². The molecule has 0 spiro atoms. The highest BCUT2D eigenvalue weighted by Crippen LogP contribution is 2.28. The summed E-state index contributed by atoms with van der Waals surface area (Å²) < 4.78 is 37.2. The fourth-order valence-electron chi connectivity index (χ4n) is 1.73. The number of aromatic hydroxyl groups is 1. The molecular formula is C12H18O5S. The number of rotatable bonds is 5. The molecule has 6 heteroatoms. The molecule has 0 aliphatic rings. The Balaban J connectivity index is 3.13. The second-order valence-corrected chi connectivity index (χ2v) is 5.71. The van der Waals surface area contributed by atoms with Crippen LogP contribution < -0.4 is 0 Å². The van der Waals surface area contributed by atoms with Gasteiger partial charge in [0.1, 0.15) is 10.6 Å². The zero-order chi connectivity index (χ0) is 13.9. The summed E-state index contributed by atoms with van der Waals surface area (Å²) in [5.41, 5.74) is 0.591. The zero-order valence-electron chi connectivity index (χ0n) is 10.7. The Morgan fingerprint density at radius 3 is 2.44 bits per heavy atom. The second kappa shape index (κ2) is 5.69. The SMILES string of the molecule is Cc1ccc(O)c(CCOC(C)C)c1S(=O)(=O)O. The van der Waals surface area contributed by atoms with Gasteiger partial charge in [-0.15, -0.1) is 0 Å². The number of hydrogen-bond acceptors (Lipinski definition) is 4. The molecule has 18 heavy (non-hydrogen) atoms. The third-order valence-electron chi connectivity index (χ3n) is 2.49. The molecule has 102 valence electrons. The van der Waals surface area contributed by atoms with Crippen LogP contribution in [0.2, 0.25) is 0 Å². The molecule has 0 aliphatic carbocycles. The molecule has 2 N–H and O–H groups in total. The molecular weight excluding hydrogens is 256 g/mol. The molecule has 1 aromatic rings. The molecule has 0 bridgehead atoms. The lowest BCUT2D eigenvalue weighted by atomic mass is 10.1. The van der Waals surface area contributed by atoms with Crippen molar-refractivity contribution < 1.29 is 22.8 Å². The van der Waals surface area contributed by atoms with Crippen molar-refractivity contribution in [3.8, 4) is 5.75 Å². The van der Waals surface area contributed by atoms with Crippen molar-refractivity contribution in [1.29, 1.82) is 0 Å². The molecule has 1 rings (SSSR count). The monoisotopic (exact) mass is 274 g/mol. The van der Waals surface area contributed by atoms with Crippen LogP contribution in [0.1, 0.15) is 25.0 Å². The molecule has 0 radical (unpaired) electrons. The van der Waals surface area contributed by atoms with Crippen molar-refractivity contribution in [2.75, 3.05) is 6.61 Å². The molecule has 5 nitrogen and oxygen atoms in total. The van der Waals surface area contributed by atoms with Crippen LogP contribution in [0.15, 0.2) is 17.0 Å². The molecule has 0 saturated heterocycles. The van der Waals surface area contributed by atoms with Crippen molar-refractivity contribution in [3.05, 3.63) is 23.3 Å². The molecule has 0 fully saturated rings. The Kier molecular flexibility index (Phi) is 4.72. The van der Waals surface area contributed by atoms with Gasteiger partial charge in [-0.05, 0) is 32.4 Å². The van der Waals surface area contributed by atoms with Gasteiger partial charge in [0.05, 0.1) is 12.7 Å². The van der Waals surface area contributed by atoms with Crippen molar-refractivity contribution in [1.82, 2.24) is 0 Å². The van der Waals surface area contributed by atoms with Gasteiger partial charge < -0.3 is 9.84 Å². The quantitative estimate of drug-likeness (QED) is 0.801. The lowest BCUT2D eigenvalue weighted by molar-refractivity contribution is 0.0807. The van der Waals surface area contributed by atoms with Crippen LogP contribution >= 0.6 is 0 Å². The third-order valence-corrected chi connectivity index (χ3v) is 3.58. The Morgan fingerprint density at radius 1 is 1.33 bits per heavy atom. The first-order chi connectivity index (χ1) is 8.23. The van der Waals surface area contributed by atoms with Crippen LogP contribution in [-0.2, 0) is 21.3 Å². The fourth-order valence-corrected chi connectivity index (χ4v) is 2.72. The van der Waals surface area contributed by atoms with Gasteiger partial charge in [0.15, 0.2) is 0 Å². The largest absolute Gasteiger partial charge is 0.508 e. The Hall–Kier alpha value is -1.11. The molecule has 0 aromatic heterocycles. The van der Waals surface area contributed by atoms with Crippen LogP contribution in [0.4, 0.5) is 0 Å². The first-order valence-electron chi connectivity index (χ1n) is 5.64. The summed E-state index contributed by atoms with van der Waals surface area (Å²) >= 11 is 0. The van der Waals surface area contributed by atoms with Crippen molar-refractivity contribution in [3.63, 3.8) is 0 Å². The minimum atomic E-state index is -4.35. The molecule has 0 amide bonds. The predicted molar refractivity (Wildman–Crippen MR) is 67.5 cm³/mol. The molecule has 0 aliphatic heterocycles. The predicted octanol–water partition coefficient (Wildman–Crippen LogP) is 1.91. The summed E-state index contributed by atoms with van der Waals surface area (Å²) in [4.78, 5) is -0.227. The summed E-state index contributed by atoms with van der Waals surface area (Å²) in [6.07, 6.45) is 0.243. The van der Waals surface area contributed by atoms with E-state index in [0.29, 0.717) is 5.56 Å². The fraction of sp³-hybridized carbons (Fsp3) is 0.500. The van der Waals surface area contributed by atoms with Gasteiger partial charge in [-0.1, -0.05) is 6.07 Å². The molecule has 0 atom stereocenters. The second-order valence-electron chi connectivity index (χ2n) is 4.35. The van der Waals surface area contributed by atoms with Crippen molar-refractivity contribution in [2.24, 2.45) is 0 Å². The number of ether oxygens (including phenoxy) is 1. The summed E-state index contributed by atoms with van der Waals surface area (Å²) in [5, 5.41) is 9.71. The number of phenolic OH excluding ortho intramolecular Hbond substituents is 1. The maximum absolute atomic E-state index is 11.3. The normalized spacial score (nSPS) is 12.1. The standard InChI is InChI=1S/C12H18O5S/c1-8(2)17-7-6-10-11(13)5-4-9(3)12(10)18(14,15)16/h4-5,8,13H,6-7H2,1-3H3,(H,14,15,16). The van der Waals surface area contributed by atoms with Gasteiger partial charge in [-0.25, -0.2) is 0 Å². The molecule has 1 aromatic carbocycles.